The van der Waals surface area contributed by atoms with Crippen molar-refractivity contribution in [3.05, 3.63) is 34.9 Å². The lowest BCUT2D eigenvalue weighted by Gasteiger charge is -1.98. The molecule has 0 saturated heterocycles. The van der Waals surface area contributed by atoms with Gasteiger partial charge in [0.1, 0.15) is 5.75 Å². The van der Waals surface area contributed by atoms with Gasteiger partial charge in [0.05, 0.1) is 0 Å². The molecule has 0 atom stereocenters. The molecule has 0 spiro atoms. The fraction of sp³-hybridized carbons (Fsp3) is 0.182. The number of halogens is 1. The first-order valence-electron chi connectivity index (χ1n) is 4.48. The van der Waals surface area contributed by atoms with Crippen molar-refractivity contribution in [1.82, 2.24) is 5.32 Å². The van der Waals surface area contributed by atoms with Crippen LogP contribution in [0.3, 0.4) is 0 Å². The Kier molecular flexibility index (Phi) is 4.18. The monoisotopic (exact) mass is 225 g/mol. The van der Waals surface area contributed by atoms with Gasteiger partial charge in [0.25, 0.3) is 0 Å². The molecule has 1 amide bonds. The topological polar surface area (TPSA) is 49.3 Å². The Balaban J connectivity index is 2.60. The van der Waals surface area contributed by atoms with E-state index >= 15 is 0 Å². The summed E-state index contributed by atoms with van der Waals surface area (Å²) in [6.45, 7) is 1.92. The Hall–Kier alpha value is -1.48. The Bertz CT molecular complexity index is 368. The molecule has 3 nitrogen and oxygen atoms in total. The molecule has 0 heterocycles. The highest BCUT2D eigenvalue weighted by Gasteiger charge is 1.94. The molecule has 0 aliphatic carbocycles. The van der Waals surface area contributed by atoms with Gasteiger partial charge in [0, 0.05) is 18.5 Å². The molecule has 1 rings (SSSR count). The van der Waals surface area contributed by atoms with Gasteiger partial charge in [-0.05, 0) is 23.8 Å². The minimum atomic E-state index is -0.0754. The van der Waals surface area contributed by atoms with E-state index in [9.17, 15) is 9.90 Å². The van der Waals surface area contributed by atoms with E-state index in [1.807, 2.05) is 0 Å². The fourth-order valence-corrected chi connectivity index (χ4v) is 1.33. The summed E-state index contributed by atoms with van der Waals surface area (Å²) >= 11 is 5.75. The van der Waals surface area contributed by atoms with Crippen molar-refractivity contribution in [2.45, 2.75) is 6.92 Å². The molecular weight excluding hydrogens is 214 g/mol. The third-order valence-corrected chi connectivity index (χ3v) is 1.90. The van der Waals surface area contributed by atoms with Crippen LogP contribution in [0, 0.1) is 0 Å². The molecule has 1 aromatic carbocycles. The van der Waals surface area contributed by atoms with Gasteiger partial charge in [-0.3, -0.25) is 4.79 Å². The molecule has 80 valence electrons. The molecule has 15 heavy (non-hydrogen) atoms. The normalized spacial score (nSPS) is 10.5. The Labute approximate surface area is 93.4 Å². The number of carbonyl (C=O) groups is 1. The molecule has 0 saturated carbocycles. The predicted octanol–water partition coefficient (Wildman–Crippen LogP) is 2.19. The van der Waals surface area contributed by atoms with Gasteiger partial charge in [-0.1, -0.05) is 23.8 Å². The Morgan fingerprint density at radius 3 is 2.87 bits per heavy atom. The zero-order valence-electron chi connectivity index (χ0n) is 8.33. The van der Waals surface area contributed by atoms with Crippen molar-refractivity contribution in [2.24, 2.45) is 0 Å². The first kappa shape index (κ1) is 11.6. The molecule has 0 bridgehead atoms. The molecule has 0 radical (unpaired) electrons. The van der Waals surface area contributed by atoms with Crippen LogP contribution in [0.1, 0.15) is 12.5 Å². The van der Waals surface area contributed by atoms with Crippen LogP contribution in [-0.4, -0.2) is 17.6 Å². The maximum Gasteiger partial charge on any atom is 0.217 e. The number of nitrogens with one attached hydrogen (secondary N) is 1. The van der Waals surface area contributed by atoms with Crippen LogP contribution in [-0.2, 0) is 4.79 Å². The van der Waals surface area contributed by atoms with Gasteiger partial charge in [-0.25, -0.2) is 0 Å². The highest BCUT2D eigenvalue weighted by atomic mass is 35.5. The molecule has 0 aliphatic heterocycles. The summed E-state index contributed by atoms with van der Waals surface area (Å²) in [6, 6.07) is 4.79. The van der Waals surface area contributed by atoms with Gasteiger partial charge in [0.15, 0.2) is 0 Å². The van der Waals surface area contributed by atoms with E-state index in [4.69, 9.17) is 11.6 Å². The molecule has 0 fully saturated rings. The summed E-state index contributed by atoms with van der Waals surface area (Å²) in [7, 11) is 0. The van der Waals surface area contributed by atoms with Crippen LogP contribution in [0.5, 0.6) is 5.75 Å². The number of aromatic hydroxyl groups is 1. The molecule has 0 unspecified atom stereocenters. The van der Waals surface area contributed by atoms with Crippen LogP contribution in [0.15, 0.2) is 24.3 Å². The highest BCUT2D eigenvalue weighted by Crippen LogP contribution is 2.20. The number of amides is 1. The van der Waals surface area contributed by atoms with Gasteiger partial charge in [-0.2, -0.15) is 0 Å². The maximum atomic E-state index is 10.6. The van der Waals surface area contributed by atoms with Crippen molar-refractivity contribution in [3.8, 4) is 5.75 Å². The Morgan fingerprint density at radius 2 is 2.27 bits per heavy atom. The summed E-state index contributed by atoms with van der Waals surface area (Å²) in [5.74, 6) is 0.0512. The summed E-state index contributed by atoms with van der Waals surface area (Å²) < 4.78 is 0. The average Bonchev–Trinajstić information content (AvgIpc) is 2.10. The number of phenols is 1. The lowest BCUT2D eigenvalue weighted by atomic mass is 10.2. The zero-order chi connectivity index (χ0) is 11.3. The first-order chi connectivity index (χ1) is 7.08. The summed E-state index contributed by atoms with van der Waals surface area (Å²) in [6.07, 6.45) is 3.56. The number of carbonyl (C=O) groups excluding carboxylic acids is 1. The number of hydrogen-bond donors (Lipinski definition) is 2. The molecule has 1 aromatic rings. The van der Waals surface area contributed by atoms with E-state index in [0.29, 0.717) is 11.6 Å². The summed E-state index contributed by atoms with van der Waals surface area (Å²) in [5, 5.41) is 12.4. The van der Waals surface area contributed by atoms with E-state index < -0.39 is 0 Å². The van der Waals surface area contributed by atoms with Crippen molar-refractivity contribution in [1.29, 1.82) is 0 Å². The van der Waals surface area contributed by atoms with Crippen LogP contribution in [0.25, 0.3) is 6.08 Å². The summed E-state index contributed by atoms with van der Waals surface area (Å²) in [5.41, 5.74) is 0.797. The molecule has 0 aromatic heterocycles. The standard InChI is InChI=1S/C11H12ClNO2/c1-8(14)13-4-2-3-9-5-10(12)7-11(15)6-9/h2-3,5-7,15H,4H2,1H3,(H,13,14). The van der Waals surface area contributed by atoms with Crippen molar-refractivity contribution < 1.29 is 9.90 Å². The second-order valence-electron chi connectivity index (χ2n) is 3.08. The first-order valence-corrected chi connectivity index (χ1v) is 4.86. The zero-order valence-corrected chi connectivity index (χ0v) is 9.08. The maximum absolute atomic E-state index is 10.6. The van der Waals surface area contributed by atoms with Gasteiger partial charge in [0.2, 0.25) is 5.91 Å². The molecule has 0 aliphatic rings. The van der Waals surface area contributed by atoms with E-state index in [1.165, 1.54) is 13.0 Å². The van der Waals surface area contributed by atoms with E-state index in [0.717, 1.165) is 5.56 Å². The van der Waals surface area contributed by atoms with Gasteiger partial charge >= 0.3 is 0 Å². The second-order valence-corrected chi connectivity index (χ2v) is 3.52. The smallest absolute Gasteiger partial charge is 0.217 e. The lowest BCUT2D eigenvalue weighted by Crippen LogP contribution is -2.19. The minimum Gasteiger partial charge on any atom is -0.508 e. The SMILES string of the molecule is CC(=O)NCC=Cc1cc(O)cc(Cl)c1. The van der Waals surface area contributed by atoms with E-state index in [2.05, 4.69) is 5.32 Å². The average molecular weight is 226 g/mol. The third-order valence-electron chi connectivity index (χ3n) is 1.68. The highest BCUT2D eigenvalue weighted by molar-refractivity contribution is 6.30. The molecular formula is C11H12ClNO2. The van der Waals surface area contributed by atoms with Crippen LogP contribution in [0.2, 0.25) is 5.02 Å². The van der Waals surface area contributed by atoms with Crippen LogP contribution in [0.4, 0.5) is 0 Å². The quantitative estimate of drug-likeness (QED) is 0.829. The van der Waals surface area contributed by atoms with E-state index in [-0.39, 0.29) is 11.7 Å². The number of hydrogen-bond acceptors (Lipinski definition) is 2. The van der Waals surface area contributed by atoms with Crippen molar-refractivity contribution in [3.63, 3.8) is 0 Å². The number of benzene rings is 1. The lowest BCUT2D eigenvalue weighted by molar-refractivity contribution is -0.118. The van der Waals surface area contributed by atoms with E-state index in [1.54, 1.807) is 24.3 Å². The van der Waals surface area contributed by atoms with Crippen LogP contribution < -0.4 is 5.32 Å². The largest absolute Gasteiger partial charge is 0.508 e. The van der Waals surface area contributed by atoms with Crippen molar-refractivity contribution >= 4 is 23.6 Å². The predicted molar refractivity (Wildman–Crippen MR) is 60.8 cm³/mol. The number of phenolic OH excluding ortho intramolecular Hbond substituents is 1. The minimum absolute atomic E-state index is 0.0754. The summed E-state index contributed by atoms with van der Waals surface area (Å²) in [4.78, 5) is 10.6. The fourth-order valence-electron chi connectivity index (χ4n) is 1.09. The molecule has 4 heteroatoms. The number of rotatable bonds is 3. The van der Waals surface area contributed by atoms with Gasteiger partial charge < -0.3 is 10.4 Å². The second kappa shape index (κ2) is 5.41. The Morgan fingerprint density at radius 1 is 1.53 bits per heavy atom. The van der Waals surface area contributed by atoms with Crippen molar-refractivity contribution in [2.75, 3.05) is 6.54 Å². The molecule has 2 N–H and O–H groups in total. The third kappa shape index (κ3) is 4.51. The van der Waals surface area contributed by atoms with Gasteiger partial charge in [-0.15, -0.1) is 0 Å². The van der Waals surface area contributed by atoms with Crippen LogP contribution >= 0.6 is 11.6 Å².